The Labute approximate surface area is 424 Å². The molecule has 3 saturated heterocycles. The Morgan fingerprint density at radius 3 is 1.57 bits per heavy atom. The van der Waals surface area contributed by atoms with Gasteiger partial charge in [0.15, 0.2) is 0 Å². The summed E-state index contributed by atoms with van der Waals surface area (Å²) in [6.07, 6.45) is 7.03. The molecular weight excluding hydrogens is 946 g/mol. The molecular formula is C53H54FN15O5. The molecule has 8 heterocycles. The highest BCUT2D eigenvalue weighted by molar-refractivity contribution is 6.45. The summed E-state index contributed by atoms with van der Waals surface area (Å²) >= 11 is 0. The number of aromatic nitrogens is 9. The van der Waals surface area contributed by atoms with Crippen molar-refractivity contribution in [1.29, 1.82) is 0 Å². The first-order valence-electron chi connectivity index (χ1n) is 24.4. The van der Waals surface area contributed by atoms with E-state index < -0.39 is 23.1 Å². The molecule has 12 rings (SSSR count). The molecule has 0 atom stereocenters. The summed E-state index contributed by atoms with van der Waals surface area (Å²) < 4.78 is 25.0. The number of hydrogen-bond donors (Lipinski definition) is 2. The number of fused-ring (bicyclic) bond motifs is 4. The summed E-state index contributed by atoms with van der Waals surface area (Å²) in [5, 5.41) is 10.3. The van der Waals surface area contributed by atoms with Crippen LogP contribution in [-0.4, -0.2) is 157 Å². The zero-order valence-electron chi connectivity index (χ0n) is 41.2. The number of benzene rings is 4. The molecule has 20 nitrogen and oxygen atoms in total. The maximum absolute atomic E-state index is 14.8. The predicted molar refractivity (Wildman–Crippen MR) is 278 cm³/mol. The van der Waals surface area contributed by atoms with Gasteiger partial charge in [-0.15, -0.1) is 0 Å². The van der Waals surface area contributed by atoms with Crippen LogP contribution in [0.1, 0.15) is 31.1 Å². The van der Waals surface area contributed by atoms with E-state index >= 15 is 0 Å². The van der Waals surface area contributed by atoms with E-state index in [1.165, 1.54) is 29.6 Å². The maximum atomic E-state index is 14.8. The van der Waals surface area contributed by atoms with E-state index in [-0.39, 0.29) is 22.9 Å². The third kappa shape index (κ3) is 10.6. The average molecular weight is 1000 g/mol. The zero-order valence-corrected chi connectivity index (χ0v) is 41.2. The first kappa shape index (κ1) is 48.9. The quantitative estimate of drug-likeness (QED) is 0.133. The minimum Gasteiger partial charge on any atom is -0.444 e. The topological polar surface area (TPSA) is 221 Å². The number of ether oxygens (including phenoxy) is 1. The summed E-state index contributed by atoms with van der Waals surface area (Å²) in [4.78, 5) is 81.2. The van der Waals surface area contributed by atoms with Crippen LogP contribution in [0.3, 0.4) is 0 Å². The molecule has 5 aromatic heterocycles. The van der Waals surface area contributed by atoms with Crippen molar-refractivity contribution in [1.82, 2.24) is 60.1 Å². The van der Waals surface area contributed by atoms with E-state index in [0.29, 0.717) is 50.3 Å². The van der Waals surface area contributed by atoms with E-state index in [1.54, 1.807) is 17.6 Å². The number of piperazine rings is 3. The van der Waals surface area contributed by atoms with Crippen LogP contribution < -0.4 is 20.0 Å². The van der Waals surface area contributed by atoms with Gasteiger partial charge in [0, 0.05) is 112 Å². The van der Waals surface area contributed by atoms with Crippen molar-refractivity contribution in [2.24, 2.45) is 0 Å². The number of nitrogens with one attached hydrogen (secondary N) is 2. The van der Waals surface area contributed by atoms with Crippen LogP contribution in [0, 0.1) is 5.82 Å². The van der Waals surface area contributed by atoms with Crippen molar-refractivity contribution in [2.75, 3.05) is 93.2 Å². The van der Waals surface area contributed by atoms with Gasteiger partial charge < -0.3 is 44.1 Å². The van der Waals surface area contributed by atoms with Crippen molar-refractivity contribution in [2.45, 2.75) is 26.4 Å². The lowest BCUT2D eigenvalue weighted by Crippen LogP contribution is -2.51. The molecule has 0 saturated carbocycles. The monoisotopic (exact) mass is 999 g/mol. The van der Waals surface area contributed by atoms with E-state index in [4.69, 9.17) is 9.26 Å². The number of carbonyl (C=O) groups excluding carboxylic acids is 3. The van der Waals surface area contributed by atoms with Crippen molar-refractivity contribution in [3.8, 4) is 11.4 Å². The Kier molecular flexibility index (Phi) is 14.2. The number of para-hydroxylation sites is 3. The lowest BCUT2D eigenvalue weighted by atomic mass is 10.0. The third-order valence-electron chi connectivity index (χ3n) is 12.9. The number of ketones is 1. The van der Waals surface area contributed by atoms with E-state index in [1.807, 2.05) is 87.5 Å². The molecule has 3 fully saturated rings. The molecule has 2 N–H and O–H groups in total. The number of hydrogen-bond acceptors (Lipinski definition) is 17. The average Bonchev–Trinajstić information content (AvgIpc) is 4.15. The largest absolute Gasteiger partial charge is 0.444 e. The minimum absolute atomic E-state index is 0.0248. The van der Waals surface area contributed by atoms with Gasteiger partial charge in [0.2, 0.25) is 12.2 Å². The highest BCUT2D eigenvalue weighted by Gasteiger charge is 2.31. The van der Waals surface area contributed by atoms with Crippen molar-refractivity contribution < 1.29 is 28.0 Å². The normalized spacial score (nSPS) is 15.2. The number of H-pyrrole nitrogens is 1. The number of rotatable bonds is 6. The molecule has 74 heavy (non-hydrogen) atoms. The first-order chi connectivity index (χ1) is 36.0. The van der Waals surface area contributed by atoms with Crippen LogP contribution in [0.2, 0.25) is 0 Å². The van der Waals surface area contributed by atoms with Crippen LogP contribution in [0.15, 0.2) is 121 Å². The number of carbonyl (C=O) groups is 3. The van der Waals surface area contributed by atoms with Crippen LogP contribution in [-0.2, 0) is 9.53 Å². The Bertz CT molecular complexity index is 3420. The van der Waals surface area contributed by atoms with Gasteiger partial charge in [0.25, 0.3) is 11.7 Å². The second-order valence-electron chi connectivity index (χ2n) is 18.7. The molecule has 3 aliphatic rings. The van der Waals surface area contributed by atoms with Gasteiger partial charge in [-0.1, -0.05) is 41.6 Å². The van der Waals surface area contributed by atoms with E-state index in [2.05, 4.69) is 71.1 Å². The lowest BCUT2D eigenvalue weighted by molar-refractivity contribution is -0.126. The van der Waals surface area contributed by atoms with Gasteiger partial charge in [-0.2, -0.15) is 4.98 Å². The molecule has 0 aliphatic carbocycles. The van der Waals surface area contributed by atoms with Crippen molar-refractivity contribution in [3.05, 3.63) is 128 Å². The van der Waals surface area contributed by atoms with Crippen LogP contribution >= 0.6 is 0 Å². The lowest BCUT2D eigenvalue weighted by Gasteiger charge is -2.36. The number of nitrogens with zero attached hydrogens (tertiary/aromatic N) is 13. The van der Waals surface area contributed by atoms with Gasteiger partial charge in [-0.25, -0.2) is 39.1 Å². The summed E-state index contributed by atoms with van der Waals surface area (Å²) in [6.45, 7) is 14.1. The molecule has 0 radical (unpaired) electrons. The van der Waals surface area contributed by atoms with Gasteiger partial charge >= 0.3 is 6.09 Å². The molecule has 3 aliphatic heterocycles. The SMILES string of the molecule is CC(C)(C)OC(=O)N1CCN(c2ncnc3ccccc23)CC1.O=C(C(=O)N1CCN(c2ncnc3ccccc23)CC1)c1c[nH]c2c(-c3ncon3)ccc(F)c12.c1ccc2c(N3CCNCC3)ncnc2c1. The number of anilines is 3. The van der Waals surface area contributed by atoms with E-state index in [0.717, 1.165) is 95.8 Å². The molecule has 4 aromatic carbocycles. The number of aromatic amines is 1. The molecule has 378 valence electrons. The fraction of sp³-hybridized carbons (Fsp3) is 0.302. The second-order valence-corrected chi connectivity index (χ2v) is 18.7. The summed E-state index contributed by atoms with van der Waals surface area (Å²) in [6, 6.07) is 26.6. The minimum atomic E-state index is -0.777. The van der Waals surface area contributed by atoms with Crippen molar-refractivity contribution >= 4 is 78.8 Å². The summed E-state index contributed by atoms with van der Waals surface area (Å²) in [5.74, 6) is 0.956. The van der Waals surface area contributed by atoms with Crippen LogP contribution in [0.25, 0.3) is 55.0 Å². The fourth-order valence-corrected chi connectivity index (χ4v) is 9.27. The number of halogens is 1. The zero-order chi connectivity index (χ0) is 51.2. The van der Waals surface area contributed by atoms with Gasteiger partial charge in [-0.3, -0.25) is 9.59 Å². The Morgan fingerprint density at radius 2 is 1.08 bits per heavy atom. The standard InChI is InChI=1S/C24H18FN7O3.C17H22N4O2.C12H14N4/c25-17-6-5-15(22-29-13-35-30-22)20-19(17)16(11-26-20)21(33)24(34)32-9-7-31(8-10-32)23-14-3-1-2-4-18(14)27-12-28-23;1-17(2,3)23-16(22)21-10-8-20(9-11-21)15-13-6-4-5-7-14(13)18-12-19-15;1-2-4-11-10(3-1)12(15-9-14-11)16-7-5-13-6-8-16/h1-6,11-13,26H,7-10H2;4-7,12H,8-11H2,1-3H3;1-4,9,13H,5-8H2. The van der Waals surface area contributed by atoms with Crippen molar-refractivity contribution in [3.63, 3.8) is 0 Å². The highest BCUT2D eigenvalue weighted by atomic mass is 19.1. The second kappa shape index (κ2) is 21.6. The number of Topliss-reactive ketones (excluding diaryl/α,β-unsaturated/α-hetero) is 1. The first-order valence-corrected chi connectivity index (χ1v) is 24.4. The Morgan fingerprint density at radius 1 is 0.595 bits per heavy atom. The smallest absolute Gasteiger partial charge is 0.410 e. The number of amides is 2. The van der Waals surface area contributed by atoms with Gasteiger partial charge in [-0.05, 0) is 69.3 Å². The summed E-state index contributed by atoms with van der Waals surface area (Å²) in [7, 11) is 0. The molecule has 21 heteroatoms. The Hall–Kier alpha value is -8.72. The molecule has 0 unspecified atom stereocenters. The molecule has 2 amide bonds. The van der Waals surface area contributed by atoms with Crippen LogP contribution in [0.5, 0.6) is 0 Å². The predicted octanol–water partition coefficient (Wildman–Crippen LogP) is 6.56. The maximum Gasteiger partial charge on any atom is 0.410 e. The third-order valence-corrected chi connectivity index (χ3v) is 12.9. The van der Waals surface area contributed by atoms with Gasteiger partial charge in [0.1, 0.15) is 47.9 Å². The van der Waals surface area contributed by atoms with Crippen LogP contribution in [0.4, 0.5) is 26.6 Å². The van der Waals surface area contributed by atoms with E-state index in [9.17, 15) is 18.8 Å². The fourth-order valence-electron chi connectivity index (χ4n) is 9.27. The van der Waals surface area contributed by atoms with Gasteiger partial charge in [0.05, 0.1) is 27.6 Å². The molecule has 0 bridgehead atoms. The summed E-state index contributed by atoms with van der Waals surface area (Å²) in [5.41, 5.74) is 3.09. The molecule has 9 aromatic rings. The molecule has 0 spiro atoms. The Balaban J connectivity index is 0.000000138. The highest BCUT2D eigenvalue weighted by Crippen LogP contribution is 2.32.